The molecule has 0 aromatic heterocycles. The third-order valence-electron chi connectivity index (χ3n) is 7.98. The monoisotopic (exact) mass is 586 g/mol. The average molecular weight is 588 g/mol. The Morgan fingerprint density at radius 3 is 1.68 bits per heavy atom. The summed E-state index contributed by atoms with van der Waals surface area (Å²) in [4.78, 5) is 40.6. The van der Waals surface area contributed by atoms with E-state index in [0.717, 1.165) is 4.90 Å². The van der Waals surface area contributed by atoms with Gasteiger partial charge in [-0.2, -0.15) is 0 Å². The van der Waals surface area contributed by atoms with Gasteiger partial charge in [-0.1, -0.05) is 85.6 Å². The lowest BCUT2D eigenvalue weighted by molar-refractivity contribution is -0.148. The smallest absolute Gasteiger partial charge is 0.247 e. The number of nitrogens with one attached hydrogen (secondary N) is 1. The van der Waals surface area contributed by atoms with E-state index in [-0.39, 0.29) is 10.7 Å². The Labute approximate surface area is 240 Å². The summed E-state index contributed by atoms with van der Waals surface area (Å²) in [6.45, 7) is 3.55. The van der Waals surface area contributed by atoms with Crippen LogP contribution in [0.3, 0.4) is 0 Å². The molecule has 1 heterocycles. The van der Waals surface area contributed by atoms with Crippen LogP contribution in [0.15, 0.2) is 66.7 Å². The molecule has 194 valence electrons. The molecule has 2 bridgehead atoms. The topological polar surface area (TPSA) is 66.5 Å². The average Bonchev–Trinajstić information content (AvgIpc) is 3.16. The Morgan fingerprint density at radius 1 is 0.816 bits per heavy atom. The van der Waals surface area contributed by atoms with Crippen molar-refractivity contribution in [3.05, 3.63) is 99.0 Å². The third-order valence-corrected chi connectivity index (χ3v) is 9.83. The van der Waals surface area contributed by atoms with Gasteiger partial charge in [0.1, 0.15) is 15.8 Å². The molecule has 3 atom stereocenters. The van der Waals surface area contributed by atoms with Crippen LogP contribution in [-0.2, 0) is 24.1 Å². The van der Waals surface area contributed by atoms with Gasteiger partial charge in [0.15, 0.2) is 0 Å². The summed E-state index contributed by atoms with van der Waals surface area (Å²) in [5.41, 5.74) is 3.10. The first kappa shape index (κ1) is 25.7. The van der Waals surface area contributed by atoms with E-state index in [4.69, 9.17) is 46.4 Å². The maximum Gasteiger partial charge on any atom is 0.247 e. The van der Waals surface area contributed by atoms with Crippen LogP contribution in [0.5, 0.6) is 0 Å². The number of rotatable bonds is 4. The lowest BCUT2D eigenvalue weighted by Crippen LogP contribution is -2.57. The minimum Gasteiger partial charge on any atom is -0.323 e. The molecule has 4 aliphatic rings. The highest BCUT2D eigenvalue weighted by atomic mass is 35.5. The van der Waals surface area contributed by atoms with Crippen molar-refractivity contribution in [2.45, 2.75) is 29.6 Å². The zero-order chi connectivity index (χ0) is 27.1. The highest BCUT2D eigenvalue weighted by Gasteiger charge is 2.73. The normalized spacial score (nSPS) is 27.7. The summed E-state index contributed by atoms with van der Waals surface area (Å²) in [5.74, 6) is -3.98. The lowest BCUT2D eigenvalue weighted by Gasteiger charge is -2.54. The van der Waals surface area contributed by atoms with Crippen LogP contribution < -0.4 is 5.32 Å². The molecule has 3 aromatic rings. The number of hydrogen-bond donors (Lipinski definition) is 1. The number of halogens is 4. The van der Waals surface area contributed by atoms with Gasteiger partial charge in [-0.05, 0) is 46.4 Å². The second-order valence-electron chi connectivity index (χ2n) is 10.3. The first-order chi connectivity index (χ1) is 18.0. The van der Waals surface area contributed by atoms with Crippen LogP contribution in [0.2, 0.25) is 10.0 Å². The Morgan fingerprint density at radius 2 is 1.26 bits per heavy atom. The number of benzene rings is 3. The molecule has 0 unspecified atom stereocenters. The van der Waals surface area contributed by atoms with Crippen molar-refractivity contribution in [2.75, 3.05) is 5.32 Å². The summed E-state index contributed by atoms with van der Waals surface area (Å²) in [5, 5.41) is 3.41. The Bertz CT molecular complexity index is 1420. The van der Waals surface area contributed by atoms with Crippen LogP contribution in [-0.4, -0.2) is 28.7 Å². The molecular weight excluding hydrogens is 566 g/mol. The first-order valence-electron chi connectivity index (χ1n) is 12.2. The minimum atomic E-state index is -1.32. The van der Waals surface area contributed by atoms with Gasteiger partial charge in [-0.15, -0.1) is 23.2 Å². The van der Waals surface area contributed by atoms with E-state index in [2.05, 4.69) is 5.32 Å². The number of carbonyl (C=O) groups excluding carboxylic acids is 3. The molecule has 0 spiro atoms. The number of anilines is 1. The van der Waals surface area contributed by atoms with Crippen molar-refractivity contribution in [2.24, 2.45) is 17.8 Å². The predicted octanol–water partition coefficient (Wildman–Crippen LogP) is 6.55. The van der Waals surface area contributed by atoms with E-state index in [9.17, 15) is 14.4 Å². The zero-order valence-electron chi connectivity index (χ0n) is 20.3. The summed E-state index contributed by atoms with van der Waals surface area (Å²) in [7, 11) is 0. The summed E-state index contributed by atoms with van der Waals surface area (Å²) < 4.78 is 0. The van der Waals surface area contributed by atoms with Crippen molar-refractivity contribution in [3.63, 3.8) is 0 Å². The van der Waals surface area contributed by atoms with E-state index in [1.165, 1.54) is 6.07 Å². The van der Waals surface area contributed by atoms with Gasteiger partial charge in [-0.25, -0.2) is 0 Å². The fourth-order valence-corrected chi connectivity index (χ4v) is 7.92. The molecule has 3 aliphatic carbocycles. The molecule has 1 aliphatic heterocycles. The van der Waals surface area contributed by atoms with Crippen LogP contribution in [0.25, 0.3) is 0 Å². The number of imide groups is 1. The van der Waals surface area contributed by atoms with E-state index in [1.807, 2.05) is 48.5 Å². The van der Waals surface area contributed by atoms with E-state index < -0.39 is 51.3 Å². The number of nitrogens with zero attached hydrogens (tertiary/aromatic N) is 1. The lowest BCUT2D eigenvalue weighted by atomic mass is 9.54. The molecule has 3 aromatic carbocycles. The summed E-state index contributed by atoms with van der Waals surface area (Å²) in [6.07, 6.45) is 0. The third kappa shape index (κ3) is 3.22. The molecule has 1 N–H and O–H groups in total. The number of alkyl halides is 2. The zero-order valence-corrected chi connectivity index (χ0v) is 23.4. The van der Waals surface area contributed by atoms with Crippen molar-refractivity contribution in [3.8, 4) is 0 Å². The van der Waals surface area contributed by atoms with Gasteiger partial charge in [0.25, 0.3) is 0 Å². The standard InChI is InChI=1S/C29H22Cl4N2O3/c1-14(2)24(25(36)34-21-13-15(30)11-12-20(21)31)35-26(37)22-23(27(35)38)29(33)17-8-4-3-7-16(17)28(22,32)18-9-5-6-10-19(18)29/h3-14,22-24H,1-2H3,(H,34,36)/t22-,23+,24-,28?,29?/m0/s1. The van der Waals surface area contributed by atoms with Crippen LogP contribution in [0.4, 0.5) is 5.69 Å². The fraction of sp³-hybridized carbons (Fsp3) is 0.276. The number of amides is 3. The van der Waals surface area contributed by atoms with Crippen molar-refractivity contribution < 1.29 is 14.4 Å². The number of carbonyl (C=O) groups is 3. The highest BCUT2D eigenvalue weighted by Crippen LogP contribution is 2.69. The maximum atomic E-state index is 14.3. The quantitative estimate of drug-likeness (QED) is 0.278. The van der Waals surface area contributed by atoms with Crippen molar-refractivity contribution in [1.82, 2.24) is 4.90 Å². The second kappa shape index (κ2) is 8.72. The maximum absolute atomic E-state index is 14.3. The first-order valence-corrected chi connectivity index (χ1v) is 13.7. The van der Waals surface area contributed by atoms with E-state index >= 15 is 0 Å². The van der Waals surface area contributed by atoms with Gasteiger partial charge >= 0.3 is 0 Å². The van der Waals surface area contributed by atoms with E-state index in [0.29, 0.717) is 27.3 Å². The van der Waals surface area contributed by atoms with Gasteiger partial charge in [0.2, 0.25) is 17.7 Å². The van der Waals surface area contributed by atoms with Crippen LogP contribution in [0.1, 0.15) is 36.1 Å². The largest absolute Gasteiger partial charge is 0.323 e. The molecule has 9 heteroatoms. The van der Waals surface area contributed by atoms with E-state index in [1.54, 1.807) is 26.0 Å². The molecule has 38 heavy (non-hydrogen) atoms. The molecule has 0 radical (unpaired) electrons. The Balaban J connectivity index is 1.49. The molecular formula is C29H22Cl4N2O3. The molecule has 1 fully saturated rings. The Kier molecular flexibility index (Phi) is 5.90. The number of likely N-dealkylation sites (tertiary alicyclic amines) is 1. The molecule has 1 saturated heterocycles. The fourth-order valence-electron chi connectivity index (χ4n) is 6.48. The van der Waals surface area contributed by atoms with Gasteiger partial charge < -0.3 is 5.32 Å². The van der Waals surface area contributed by atoms with Gasteiger partial charge in [-0.3, -0.25) is 19.3 Å². The molecule has 0 saturated carbocycles. The van der Waals surface area contributed by atoms with Crippen LogP contribution >= 0.6 is 46.4 Å². The van der Waals surface area contributed by atoms with Gasteiger partial charge in [0.05, 0.1) is 22.5 Å². The van der Waals surface area contributed by atoms with Crippen molar-refractivity contribution >= 4 is 69.8 Å². The predicted molar refractivity (Wildman–Crippen MR) is 149 cm³/mol. The highest BCUT2D eigenvalue weighted by molar-refractivity contribution is 6.37. The van der Waals surface area contributed by atoms with Gasteiger partial charge in [0, 0.05) is 5.02 Å². The second-order valence-corrected chi connectivity index (χ2v) is 12.4. The Hall–Kier alpha value is -2.57. The van der Waals surface area contributed by atoms with Crippen LogP contribution in [0, 0.1) is 17.8 Å². The van der Waals surface area contributed by atoms with Crippen molar-refractivity contribution in [1.29, 1.82) is 0 Å². The SMILES string of the molecule is CC(C)[C@@H](C(=O)Nc1cc(Cl)ccc1Cl)N1C(=O)[C@@H]2[C@H](C1=O)C1(Cl)c3ccccc3C2(Cl)c2ccccc21. The molecule has 5 nitrogen and oxygen atoms in total. The molecule has 7 rings (SSSR count). The number of hydrogen-bond acceptors (Lipinski definition) is 3. The molecule has 3 amide bonds. The minimum absolute atomic E-state index is 0.279. The summed E-state index contributed by atoms with van der Waals surface area (Å²) >= 11 is 27.3. The summed E-state index contributed by atoms with van der Waals surface area (Å²) in [6, 6.07) is 18.4.